The summed E-state index contributed by atoms with van der Waals surface area (Å²) in [7, 11) is 0. The number of esters is 1. The van der Waals surface area contributed by atoms with Crippen LogP contribution < -0.4 is 5.32 Å². The van der Waals surface area contributed by atoms with E-state index in [1.807, 2.05) is 6.92 Å². The van der Waals surface area contributed by atoms with Crippen molar-refractivity contribution < 1.29 is 14.3 Å². The molecule has 0 rings (SSSR count). The first-order chi connectivity index (χ1) is 8.67. The lowest BCUT2D eigenvalue weighted by Crippen LogP contribution is -2.22. The highest BCUT2D eigenvalue weighted by Crippen LogP contribution is 2.13. The number of hydrogen-bond donors (Lipinski definition) is 1. The van der Waals surface area contributed by atoms with Gasteiger partial charge >= 0.3 is 5.97 Å². The van der Waals surface area contributed by atoms with E-state index < -0.39 is 5.97 Å². The van der Waals surface area contributed by atoms with Gasteiger partial charge in [-0.05, 0) is 32.3 Å². The van der Waals surface area contributed by atoms with Crippen molar-refractivity contribution in [3.8, 4) is 0 Å². The zero-order valence-electron chi connectivity index (χ0n) is 11.8. The summed E-state index contributed by atoms with van der Waals surface area (Å²) in [5, 5.41) is 2.44. The van der Waals surface area contributed by atoms with Gasteiger partial charge in [-0.2, -0.15) is 0 Å². The van der Waals surface area contributed by atoms with E-state index in [1.54, 1.807) is 6.92 Å². The van der Waals surface area contributed by atoms with E-state index in [-0.39, 0.29) is 0 Å². The molecule has 0 atom stereocenters. The molecule has 0 unspecified atom stereocenters. The minimum Gasteiger partial charge on any atom is -0.461 e. The van der Waals surface area contributed by atoms with Crippen molar-refractivity contribution in [2.45, 2.75) is 59.3 Å². The Labute approximate surface area is 110 Å². The molecule has 0 aliphatic carbocycles. The van der Waals surface area contributed by atoms with E-state index in [0.29, 0.717) is 18.7 Å². The van der Waals surface area contributed by atoms with Gasteiger partial charge in [0.2, 0.25) is 6.41 Å². The zero-order chi connectivity index (χ0) is 13.8. The summed E-state index contributed by atoms with van der Waals surface area (Å²) in [4.78, 5) is 22.1. The Morgan fingerprint density at radius 1 is 1.17 bits per heavy atom. The molecule has 4 nitrogen and oxygen atoms in total. The summed E-state index contributed by atoms with van der Waals surface area (Å²) in [5.74, 6) is -0.448. The molecule has 0 aliphatic heterocycles. The van der Waals surface area contributed by atoms with Crippen LogP contribution in [0.4, 0.5) is 0 Å². The molecule has 1 amide bonds. The predicted octanol–water partition coefficient (Wildman–Crippen LogP) is 2.93. The van der Waals surface area contributed by atoms with Gasteiger partial charge in [0.25, 0.3) is 0 Å². The van der Waals surface area contributed by atoms with E-state index in [1.165, 1.54) is 19.3 Å². The number of hydrogen-bond acceptors (Lipinski definition) is 3. The van der Waals surface area contributed by atoms with Gasteiger partial charge in [0, 0.05) is 0 Å². The van der Waals surface area contributed by atoms with Crippen LogP contribution >= 0.6 is 0 Å². The Balaban J connectivity index is 4.29. The van der Waals surface area contributed by atoms with E-state index in [4.69, 9.17) is 4.74 Å². The van der Waals surface area contributed by atoms with Crippen molar-refractivity contribution in [1.82, 2.24) is 5.32 Å². The van der Waals surface area contributed by atoms with Crippen LogP contribution in [0.2, 0.25) is 0 Å². The van der Waals surface area contributed by atoms with Gasteiger partial charge in [0.1, 0.15) is 5.70 Å². The van der Waals surface area contributed by atoms with Crippen molar-refractivity contribution in [1.29, 1.82) is 0 Å². The van der Waals surface area contributed by atoms with Gasteiger partial charge in [-0.15, -0.1) is 0 Å². The lowest BCUT2D eigenvalue weighted by Gasteiger charge is -2.10. The minimum absolute atomic E-state index is 0.294. The first-order valence-electron chi connectivity index (χ1n) is 6.74. The van der Waals surface area contributed by atoms with Crippen LogP contribution in [0.15, 0.2) is 11.3 Å². The van der Waals surface area contributed by atoms with Crippen molar-refractivity contribution >= 4 is 12.4 Å². The summed E-state index contributed by atoms with van der Waals surface area (Å²) < 4.78 is 4.90. The summed E-state index contributed by atoms with van der Waals surface area (Å²) in [6.45, 7) is 6.10. The van der Waals surface area contributed by atoms with Crippen LogP contribution in [0.1, 0.15) is 59.3 Å². The predicted molar refractivity (Wildman–Crippen MR) is 71.9 cm³/mol. The molecule has 0 aromatic carbocycles. The normalized spacial score (nSPS) is 11.7. The van der Waals surface area contributed by atoms with Gasteiger partial charge in [-0.3, -0.25) is 4.79 Å². The second-order valence-corrected chi connectivity index (χ2v) is 4.30. The van der Waals surface area contributed by atoms with Crippen LogP contribution in [0, 0.1) is 0 Å². The van der Waals surface area contributed by atoms with Crippen LogP contribution in [-0.2, 0) is 14.3 Å². The van der Waals surface area contributed by atoms with Crippen LogP contribution in [0.5, 0.6) is 0 Å². The van der Waals surface area contributed by atoms with Gasteiger partial charge in [0.15, 0.2) is 0 Å². The lowest BCUT2D eigenvalue weighted by atomic mass is 10.1. The van der Waals surface area contributed by atoms with Crippen LogP contribution in [0.3, 0.4) is 0 Å². The molecule has 18 heavy (non-hydrogen) atoms. The molecule has 0 aliphatic rings. The summed E-state index contributed by atoms with van der Waals surface area (Å²) >= 11 is 0. The van der Waals surface area contributed by atoms with Crippen molar-refractivity contribution in [2.75, 3.05) is 6.61 Å². The fraction of sp³-hybridized carbons (Fsp3) is 0.714. The molecule has 1 N–H and O–H groups in total. The Morgan fingerprint density at radius 3 is 2.39 bits per heavy atom. The number of nitrogens with one attached hydrogen (secondary N) is 1. The third-order valence-electron chi connectivity index (χ3n) is 2.76. The van der Waals surface area contributed by atoms with E-state index >= 15 is 0 Å². The van der Waals surface area contributed by atoms with Crippen molar-refractivity contribution in [2.24, 2.45) is 0 Å². The maximum Gasteiger partial charge on any atom is 0.354 e. The molecular formula is C14H25NO3. The summed E-state index contributed by atoms with van der Waals surface area (Å²) in [6.07, 6.45) is 7.22. The lowest BCUT2D eigenvalue weighted by molar-refractivity contribution is -0.139. The molecule has 104 valence electrons. The Bertz CT molecular complexity index is 285. The third kappa shape index (κ3) is 7.09. The van der Waals surface area contributed by atoms with Gasteiger partial charge < -0.3 is 10.1 Å². The molecule has 0 heterocycles. The fourth-order valence-corrected chi connectivity index (χ4v) is 1.74. The first kappa shape index (κ1) is 16.7. The van der Waals surface area contributed by atoms with Crippen molar-refractivity contribution in [3.05, 3.63) is 11.3 Å². The topological polar surface area (TPSA) is 55.4 Å². The largest absolute Gasteiger partial charge is 0.461 e. The monoisotopic (exact) mass is 255 g/mol. The number of amides is 1. The Hall–Kier alpha value is -1.32. The molecule has 0 bridgehead atoms. The maximum absolute atomic E-state index is 11.6. The van der Waals surface area contributed by atoms with Gasteiger partial charge in [-0.1, -0.05) is 32.6 Å². The number of allylic oxidation sites excluding steroid dienone is 1. The second kappa shape index (κ2) is 10.8. The zero-order valence-corrected chi connectivity index (χ0v) is 11.8. The number of rotatable bonds is 10. The smallest absolute Gasteiger partial charge is 0.354 e. The molecule has 0 spiro atoms. The fourth-order valence-electron chi connectivity index (χ4n) is 1.74. The molecule has 0 saturated heterocycles. The Kier molecular flexibility index (Phi) is 10.0. The van der Waals surface area contributed by atoms with Crippen LogP contribution in [-0.4, -0.2) is 19.0 Å². The first-order valence-corrected chi connectivity index (χ1v) is 6.74. The summed E-state index contributed by atoms with van der Waals surface area (Å²) in [5.41, 5.74) is 1.18. The number of carbonyl (C=O) groups excluding carboxylic acids is 2. The molecule has 0 aromatic rings. The maximum atomic E-state index is 11.6. The number of ether oxygens (including phenoxy) is 1. The highest BCUT2D eigenvalue weighted by Gasteiger charge is 2.13. The van der Waals surface area contributed by atoms with E-state index in [2.05, 4.69) is 12.2 Å². The van der Waals surface area contributed by atoms with Gasteiger partial charge in [-0.25, -0.2) is 4.79 Å². The SMILES string of the molecule is CCCCCCCC(C)=C(NC=O)C(=O)OCC. The molecule has 0 aromatic heterocycles. The quantitative estimate of drug-likeness (QED) is 0.282. The number of unbranched alkanes of at least 4 members (excludes halogenated alkanes) is 4. The Morgan fingerprint density at radius 2 is 1.83 bits per heavy atom. The second-order valence-electron chi connectivity index (χ2n) is 4.30. The van der Waals surface area contributed by atoms with E-state index in [9.17, 15) is 9.59 Å². The summed E-state index contributed by atoms with van der Waals surface area (Å²) in [6, 6.07) is 0. The molecule has 4 heteroatoms. The molecule has 0 fully saturated rings. The third-order valence-corrected chi connectivity index (χ3v) is 2.76. The molecule has 0 saturated carbocycles. The highest BCUT2D eigenvalue weighted by molar-refractivity contribution is 5.90. The van der Waals surface area contributed by atoms with Crippen molar-refractivity contribution in [3.63, 3.8) is 0 Å². The van der Waals surface area contributed by atoms with E-state index in [0.717, 1.165) is 24.8 Å². The van der Waals surface area contributed by atoms with Crippen LogP contribution in [0.25, 0.3) is 0 Å². The standard InChI is InChI=1S/C14H25NO3/c1-4-6-7-8-9-10-12(3)13(15-11-16)14(17)18-5-2/h11H,4-10H2,1-3H3,(H,15,16). The highest BCUT2D eigenvalue weighted by atomic mass is 16.5. The molecule has 0 radical (unpaired) electrons. The minimum atomic E-state index is -0.448. The number of carbonyl (C=O) groups is 2. The van der Waals surface area contributed by atoms with Gasteiger partial charge in [0.05, 0.1) is 6.61 Å². The average Bonchev–Trinajstić information content (AvgIpc) is 2.35. The molecular weight excluding hydrogens is 230 g/mol. The average molecular weight is 255 g/mol.